The van der Waals surface area contributed by atoms with Crippen LogP contribution in [0.4, 0.5) is 22.7 Å². The number of nitrogens with zero attached hydrogens (tertiary/aromatic N) is 1. The van der Waals surface area contributed by atoms with E-state index in [0.717, 1.165) is 37.7 Å². The molecular formula is C28H26N4O4. The Kier molecular flexibility index (Phi) is 6.51. The Hall–Kier alpha value is -4.43. The van der Waals surface area contributed by atoms with Crippen LogP contribution in [0.15, 0.2) is 72.9 Å². The van der Waals surface area contributed by atoms with E-state index in [1.54, 1.807) is 48.7 Å². The lowest BCUT2D eigenvalue weighted by atomic mass is 9.98. The number of hydrogen-bond acceptors (Lipinski definition) is 6. The van der Waals surface area contributed by atoms with E-state index in [-0.39, 0.29) is 17.6 Å². The van der Waals surface area contributed by atoms with Gasteiger partial charge >= 0.3 is 0 Å². The average molecular weight is 483 g/mol. The molecule has 1 fully saturated rings. The second-order valence-electron chi connectivity index (χ2n) is 8.65. The van der Waals surface area contributed by atoms with E-state index in [9.17, 15) is 14.4 Å². The molecule has 0 aromatic heterocycles. The number of benzene rings is 3. The molecule has 8 heteroatoms. The number of morpholine rings is 1. The van der Waals surface area contributed by atoms with Gasteiger partial charge in [0.05, 0.1) is 18.8 Å². The highest BCUT2D eigenvalue weighted by Crippen LogP contribution is 2.33. The summed E-state index contributed by atoms with van der Waals surface area (Å²) in [5.74, 6) is -0.574. The van der Waals surface area contributed by atoms with Gasteiger partial charge in [0.1, 0.15) is 0 Å². The van der Waals surface area contributed by atoms with Gasteiger partial charge in [-0.1, -0.05) is 0 Å². The minimum atomic E-state index is -0.230. The van der Waals surface area contributed by atoms with Crippen molar-refractivity contribution in [2.45, 2.75) is 6.92 Å². The molecule has 2 aliphatic heterocycles. The maximum atomic E-state index is 13.1. The third-order valence-corrected chi connectivity index (χ3v) is 6.16. The van der Waals surface area contributed by atoms with Crippen LogP contribution >= 0.6 is 0 Å². The molecule has 3 aromatic carbocycles. The minimum absolute atomic E-state index is 0.169. The predicted molar refractivity (Wildman–Crippen MR) is 140 cm³/mol. The largest absolute Gasteiger partial charge is 0.378 e. The molecule has 8 nitrogen and oxygen atoms in total. The molecule has 0 unspecified atom stereocenters. The number of rotatable bonds is 6. The van der Waals surface area contributed by atoms with Crippen molar-refractivity contribution in [1.82, 2.24) is 0 Å². The van der Waals surface area contributed by atoms with Crippen molar-refractivity contribution in [1.29, 1.82) is 0 Å². The molecule has 5 rings (SSSR count). The molecule has 182 valence electrons. The summed E-state index contributed by atoms with van der Waals surface area (Å²) in [5, 5.41) is 8.74. The van der Waals surface area contributed by atoms with Gasteiger partial charge in [0.2, 0.25) is 5.91 Å². The molecule has 2 amide bonds. The van der Waals surface area contributed by atoms with E-state index in [2.05, 4.69) is 20.9 Å². The number of carbonyl (C=O) groups excluding carboxylic acids is 3. The number of carbonyl (C=O) groups is 3. The quantitative estimate of drug-likeness (QED) is 0.361. The predicted octanol–water partition coefficient (Wildman–Crippen LogP) is 4.12. The van der Waals surface area contributed by atoms with Crippen LogP contribution in [0.2, 0.25) is 0 Å². The van der Waals surface area contributed by atoms with Crippen molar-refractivity contribution < 1.29 is 19.1 Å². The maximum Gasteiger partial charge on any atom is 0.257 e. The number of ether oxygens (including phenoxy) is 1. The van der Waals surface area contributed by atoms with E-state index >= 15 is 0 Å². The molecule has 0 aliphatic carbocycles. The van der Waals surface area contributed by atoms with Crippen LogP contribution in [-0.4, -0.2) is 43.9 Å². The van der Waals surface area contributed by atoms with E-state index in [0.29, 0.717) is 33.6 Å². The summed E-state index contributed by atoms with van der Waals surface area (Å²) in [7, 11) is 0. The van der Waals surface area contributed by atoms with Crippen molar-refractivity contribution in [3.05, 3.63) is 89.6 Å². The van der Waals surface area contributed by atoms with Gasteiger partial charge < -0.3 is 25.6 Å². The average Bonchev–Trinajstić information content (AvgIpc) is 3.22. The second-order valence-corrected chi connectivity index (χ2v) is 8.65. The molecule has 1 saturated heterocycles. The standard InChI is InChI=1S/C28H26N4O4/c1-18(33)30-22-5-2-19(3-6-22)27(34)20-4-11-26-24(16-20)25(28(35)31-26)17-29-21-7-9-23(10-8-21)32-12-14-36-15-13-32/h2-11,16-17,29H,12-15H2,1H3,(H,30,33)(H,31,35). The molecular weight excluding hydrogens is 456 g/mol. The van der Waals surface area contributed by atoms with Crippen molar-refractivity contribution in [3.8, 4) is 0 Å². The number of ketones is 1. The Morgan fingerprint density at radius 3 is 2.28 bits per heavy atom. The van der Waals surface area contributed by atoms with Crippen LogP contribution in [0, 0.1) is 0 Å². The molecule has 0 spiro atoms. The van der Waals surface area contributed by atoms with Crippen LogP contribution in [-0.2, 0) is 14.3 Å². The van der Waals surface area contributed by atoms with Crippen LogP contribution < -0.4 is 20.9 Å². The fraction of sp³-hybridized carbons (Fsp3) is 0.179. The van der Waals surface area contributed by atoms with Gasteiger partial charge in [-0.2, -0.15) is 0 Å². The van der Waals surface area contributed by atoms with E-state index in [1.807, 2.05) is 24.3 Å². The van der Waals surface area contributed by atoms with Gasteiger partial charge in [0.15, 0.2) is 5.78 Å². The minimum Gasteiger partial charge on any atom is -0.378 e. The molecule has 2 aliphatic rings. The maximum absolute atomic E-state index is 13.1. The highest BCUT2D eigenvalue weighted by molar-refractivity contribution is 6.32. The van der Waals surface area contributed by atoms with Crippen molar-refractivity contribution in [3.63, 3.8) is 0 Å². The Morgan fingerprint density at radius 2 is 1.58 bits per heavy atom. The van der Waals surface area contributed by atoms with Gasteiger partial charge in [0, 0.05) is 65.7 Å². The van der Waals surface area contributed by atoms with E-state index in [1.165, 1.54) is 6.92 Å². The number of hydrogen-bond donors (Lipinski definition) is 3. The SMILES string of the molecule is CC(=O)Nc1ccc(C(=O)c2ccc3c(c2)C(=CNc2ccc(N4CCOCC4)cc2)C(=O)N3)cc1. The topological polar surface area (TPSA) is 99.8 Å². The fourth-order valence-corrected chi connectivity index (χ4v) is 4.29. The molecule has 2 heterocycles. The summed E-state index contributed by atoms with van der Waals surface area (Å²) in [6.45, 7) is 4.63. The van der Waals surface area contributed by atoms with Crippen molar-refractivity contribution in [2.24, 2.45) is 0 Å². The van der Waals surface area contributed by atoms with Crippen molar-refractivity contribution >= 4 is 45.9 Å². The molecule has 3 N–H and O–H groups in total. The first-order valence-electron chi connectivity index (χ1n) is 11.8. The van der Waals surface area contributed by atoms with Crippen LogP contribution in [0.25, 0.3) is 5.57 Å². The molecule has 0 bridgehead atoms. The van der Waals surface area contributed by atoms with Gasteiger partial charge in [-0.05, 0) is 66.7 Å². The summed E-state index contributed by atoms with van der Waals surface area (Å²) >= 11 is 0. The lowest BCUT2D eigenvalue weighted by molar-refractivity contribution is -0.114. The first-order valence-corrected chi connectivity index (χ1v) is 11.8. The highest BCUT2D eigenvalue weighted by atomic mass is 16.5. The molecule has 0 radical (unpaired) electrons. The molecule has 0 saturated carbocycles. The second kappa shape index (κ2) is 10.1. The van der Waals surface area contributed by atoms with Gasteiger partial charge in [-0.15, -0.1) is 0 Å². The summed E-state index contributed by atoms with van der Waals surface area (Å²) in [6.07, 6.45) is 1.67. The van der Waals surface area contributed by atoms with Crippen LogP contribution in [0.5, 0.6) is 0 Å². The number of fused-ring (bicyclic) bond motifs is 1. The third-order valence-electron chi connectivity index (χ3n) is 6.16. The first kappa shape index (κ1) is 23.3. The summed E-state index contributed by atoms with van der Waals surface area (Å²) in [6, 6.07) is 19.9. The normalized spacial score (nSPS) is 15.9. The Labute approximate surface area is 209 Å². The van der Waals surface area contributed by atoms with E-state index in [4.69, 9.17) is 4.74 Å². The smallest absolute Gasteiger partial charge is 0.257 e. The summed E-state index contributed by atoms with van der Waals surface area (Å²) in [4.78, 5) is 39.2. The zero-order valence-electron chi connectivity index (χ0n) is 19.8. The summed E-state index contributed by atoms with van der Waals surface area (Å²) in [5.41, 5.74) is 5.35. The lowest BCUT2D eigenvalue weighted by Gasteiger charge is -2.28. The number of amides is 2. The molecule has 36 heavy (non-hydrogen) atoms. The molecule has 3 aromatic rings. The number of anilines is 4. The zero-order chi connectivity index (χ0) is 25.1. The zero-order valence-corrected chi connectivity index (χ0v) is 19.8. The van der Waals surface area contributed by atoms with Gasteiger partial charge in [-0.25, -0.2) is 0 Å². The Morgan fingerprint density at radius 1 is 0.917 bits per heavy atom. The van der Waals surface area contributed by atoms with Crippen LogP contribution in [0.1, 0.15) is 28.4 Å². The summed E-state index contributed by atoms with van der Waals surface area (Å²) < 4.78 is 5.41. The van der Waals surface area contributed by atoms with Gasteiger partial charge in [-0.3, -0.25) is 14.4 Å². The Balaban J connectivity index is 1.33. The van der Waals surface area contributed by atoms with E-state index < -0.39 is 0 Å². The van der Waals surface area contributed by atoms with Crippen LogP contribution in [0.3, 0.4) is 0 Å². The van der Waals surface area contributed by atoms with Crippen molar-refractivity contribution in [2.75, 3.05) is 47.2 Å². The lowest BCUT2D eigenvalue weighted by Crippen LogP contribution is -2.36. The Bertz CT molecular complexity index is 1340. The monoisotopic (exact) mass is 482 g/mol. The third kappa shape index (κ3) is 4.99. The molecule has 0 atom stereocenters. The fourth-order valence-electron chi connectivity index (χ4n) is 4.29. The number of nitrogens with one attached hydrogen (secondary N) is 3. The van der Waals surface area contributed by atoms with Gasteiger partial charge in [0.25, 0.3) is 5.91 Å². The first-order chi connectivity index (χ1) is 17.5. The highest BCUT2D eigenvalue weighted by Gasteiger charge is 2.25.